The van der Waals surface area contributed by atoms with Gasteiger partial charge in [0.15, 0.2) is 0 Å². The monoisotopic (exact) mass is 396 g/mol. The summed E-state index contributed by atoms with van der Waals surface area (Å²) in [5.74, 6) is 0.266. The highest BCUT2D eigenvalue weighted by molar-refractivity contribution is 6.05. The van der Waals surface area contributed by atoms with Crippen LogP contribution in [-0.2, 0) is 16.1 Å². The summed E-state index contributed by atoms with van der Waals surface area (Å²) in [5, 5.41) is 2.88. The zero-order valence-corrected chi connectivity index (χ0v) is 16.2. The second kappa shape index (κ2) is 7.48. The van der Waals surface area contributed by atoms with Crippen molar-refractivity contribution in [2.75, 3.05) is 10.2 Å². The quantitative estimate of drug-likeness (QED) is 0.551. The van der Waals surface area contributed by atoms with Crippen molar-refractivity contribution >= 4 is 34.5 Å². The molecule has 6 nitrogen and oxygen atoms in total. The fourth-order valence-corrected chi connectivity index (χ4v) is 3.92. The van der Waals surface area contributed by atoms with Crippen molar-refractivity contribution in [3.63, 3.8) is 0 Å². The molecule has 1 atom stereocenters. The summed E-state index contributed by atoms with van der Waals surface area (Å²) < 4.78 is 1.89. The number of nitrogens with zero attached hydrogens (tertiary/aromatic N) is 3. The highest BCUT2D eigenvalue weighted by atomic mass is 16.2. The van der Waals surface area contributed by atoms with Crippen molar-refractivity contribution in [2.24, 2.45) is 0 Å². The molecule has 0 unspecified atom stereocenters. The van der Waals surface area contributed by atoms with Gasteiger partial charge in [0, 0.05) is 5.69 Å². The van der Waals surface area contributed by atoms with E-state index in [1.54, 1.807) is 4.90 Å². The molecule has 0 fully saturated rings. The lowest BCUT2D eigenvalue weighted by Crippen LogP contribution is -2.31. The molecule has 0 saturated heterocycles. The van der Waals surface area contributed by atoms with Crippen molar-refractivity contribution in [3.8, 4) is 0 Å². The number of benzene rings is 3. The number of carbonyl (C=O) groups is 2. The van der Waals surface area contributed by atoms with Crippen molar-refractivity contribution in [1.82, 2.24) is 9.55 Å². The van der Waals surface area contributed by atoms with E-state index in [4.69, 9.17) is 4.98 Å². The van der Waals surface area contributed by atoms with Crippen LogP contribution in [0.2, 0.25) is 0 Å². The minimum atomic E-state index is -0.625. The van der Waals surface area contributed by atoms with Gasteiger partial charge in [-0.2, -0.15) is 0 Å². The third-order valence-electron chi connectivity index (χ3n) is 5.30. The Labute approximate surface area is 173 Å². The van der Waals surface area contributed by atoms with Gasteiger partial charge in [0.2, 0.25) is 11.9 Å². The number of anilines is 2. The molecule has 2 amide bonds. The van der Waals surface area contributed by atoms with E-state index in [-0.39, 0.29) is 18.2 Å². The van der Waals surface area contributed by atoms with Crippen LogP contribution in [0.1, 0.15) is 18.0 Å². The molecule has 0 saturated carbocycles. The number of carbonyl (C=O) groups excluding carboxylic acids is 2. The maximum absolute atomic E-state index is 13.3. The predicted molar refractivity (Wildman–Crippen MR) is 116 cm³/mol. The van der Waals surface area contributed by atoms with Gasteiger partial charge >= 0.3 is 0 Å². The number of nitrogens with one attached hydrogen (secondary N) is 1. The number of aromatic nitrogens is 2. The summed E-state index contributed by atoms with van der Waals surface area (Å²) >= 11 is 0. The zero-order valence-electron chi connectivity index (χ0n) is 16.2. The van der Waals surface area contributed by atoms with Crippen LogP contribution in [0.3, 0.4) is 0 Å². The van der Waals surface area contributed by atoms with Crippen molar-refractivity contribution < 1.29 is 9.59 Å². The highest BCUT2D eigenvalue weighted by Gasteiger charge is 2.40. The summed E-state index contributed by atoms with van der Waals surface area (Å²) in [5.41, 5.74) is 3.39. The van der Waals surface area contributed by atoms with E-state index >= 15 is 0 Å². The Morgan fingerprint density at radius 1 is 0.900 bits per heavy atom. The van der Waals surface area contributed by atoms with E-state index in [2.05, 4.69) is 5.32 Å². The molecule has 1 aliphatic rings. The number of rotatable bonds is 5. The molecule has 2 heterocycles. The molecule has 4 aromatic rings. The molecule has 0 radical (unpaired) electrons. The maximum atomic E-state index is 13.3. The lowest BCUT2D eigenvalue weighted by molar-refractivity contribution is -0.124. The summed E-state index contributed by atoms with van der Waals surface area (Å²) in [6.07, 6.45) is 0.0480. The first-order chi connectivity index (χ1) is 14.7. The summed E-state index contributed by atoms with van der Waals surface area (Å²) in [7, 11) is 0. The number of imidazole rings is 1. The van der Waals surface area contributed by atoms with Crippen molar-refractivity contribution in [3.05, 3.63) is 90.5 Å². The Morgan fingerprint density at radius 3 is 2.33 bits per heavy atom. The molecule has 3 aromatic carbocycles. The van der Waals surface area contributed by atoms with Crippen LogP contribution < -0.4 is 10.2 Å². The second-order valence-corrected chi connectivity index (χ2v) is 7.31. The summed E-state index contributed by atoms with van der Waals surface area (Å²) in [4.78, 5) is 32.5. The molecular formula is C24H20N4O2. The van der Waals surface area contributed by atoms with Crippen LogP contribution in [-0.4, -0.2) is 21.4 Å². The van der Waals surface area contributed by atoms with Crippen LogP contribution in [0.5, 0.6) is 0 Å². The molecule has 1 aliphatic heterocycles. The van der Waals surface area contributed by atoms with Gasteiger partial charge in [-0.05, 0) is 29.8 Å². The number of fused-ring (bicyclic) bond motifs is 3. The third-order valence-corrected chi connectivity index (χ3v) is 5.30. The maximum Gasteiger partial charge on any atom is 0.253 e. The fraction of sp³-hybridized carbons (Fsp3) is 0.125. The molecule has 0 aliphatic carbocycles. The minimum absolute atomic E-state index is 0.0480. The number of para-hydroxylation sites is 3. The first kappa shape index (κ1) is 18.1. The predicted octanol–water partition coefficient (Wildman–Crippen LogP) is 4.15. The first-order valence-electron chi connectivity index (χ1n) is 9.88. The Kier molecular flexibility index (Phi) is 4.52. The molecule has 6 heteroatoms. The van der Waals surface area contributed by atoms with Crippen LogP contribution >= 0.6 is 0 Å². The second-order valence-electron chi connectivity index (χ2n) is 7.31. The van der Waals surface area contributed by atoms with Crippen LogP contribution in [0.4, 0.5) is 11.6 Å². The van der Waals surface area contributed by atoms with Gasteiger partial charge in [-0.1, -0.05) is 60.7 Å². The third kappa shape index (κ3) is 3.22. The fourth-order valence-electron chi connectivity index (χ4n) is 3.92. The van der Waals surface area contributed by atoms with Gasteiger partial charge in [0.05, 0.1) is 24.0 Å². The molecular weight excluding hydrogens is 376 g/mol. The molecule has 0 bridgehead atoms. The van der Waals surface area contributed by atoms with Gasteiger partial charge < -0.3 is 5.32 Å². The van der Waals surface area contributed by atoms with Crippen molar-refractivity contribution in [1.29, 1.82) is 0 Å². The molecule has 1 N–H and O–H groups in total. The molecule has 148 valence electrons. The van der Waals surface area contributed by atoms with Gasteiger partial charge in [-0.15, -0.1) is 0 Å². The Morgan fingerprint density at radius 2 is 1.57 bits per heavy atom. The van der Waals surface area contributed by atoms with E-state index in [1.165, 1.54) is 0 Å². The minimum Gasteiger partial charge on any atom is -0.326 e. The first-order valence-corrected chi connectivity index (χ1v) is 9.88. The zero-order chi connectivity index (χ0) is 20.5. The summed E-state index contributed by atoms with van der Waals surface area (Å²) in [6.45, 7) is 0.416. The topological polar surface area (TPSA) is 67.2 Å². The smallest absolute Gasteiger partial charge is 0.253 e. The lowest BCUT2D eigenvalue weighted by atomic mass is 10.1. The average molecular weight is 396 g/mol. The standard InChI is InChI=1S/C24H20N4O2/c29-22(25-18-11-5-2-6-12-18)15-21-23(30)27(16-17-9-3-1-4-10-17)24-26-19-13-7-8-14-20(19)28(21)24/h1-14,21H,15-16H2,(H,25,29)/t21-/m0/s1. The van der Waals surface area contributed by atoms with Crippen LogP contribution in [0.25, 0.3) is 11.0 Å². The Hall–Kier alpha value is -3.93. The number of hydrogen-bond donors (Lipinski definition) is 1. The molecule has 5 rings (SSSR count). The molecule has 1 aromatic heterocycles. The lowest BCUT2D eigenvalue weighted by Gasteiger charge is -2.16. The summed E-state index contributed by atoms with van der Waals surface area (Å²) in [6, 6.07) is 26.1. The number of hydrogen-bond acceptors (Lipinski definition) is 3. The van der Waals surface area contributed by atoms with E-state index in [0.717, 1.165) is 16.6 Å². The molecule has 0 spiro atoms. The SMILES string of the molecule is O=C(C[C@H]1C(=O)N(Cc2ccccc2)c2nc3ccccc3n21)Nc1ccccc1. The largest absolute Gasteiger partial charge is 0.326 e. The van der Waals surface area contributed by atoms with E-state index < -0.39 is 6.04 Å². The van der Waals surface area contributed by atoms with Gasteiger partial charge in [-0.25, -0.2) is 4.98 Å². The Bertz CT molecular complexity index is 1220. The van der Waals surface area contributed by atoms with Gasteiger partial charge in [0.25, 0.3) is 5.91 Å². The average Bonchev–Trinajstić information content (AvgIpc) is 3.26. The van der Waals surface area contributed by atoms with Crippen molar-refractivity contribution in [2.45, 2.75) is 19.0 Å². The van der Waals surface area contributed by atoms with E-state index in [9.17, 15) is 9.59 Å². The number of amides is 2. The van der Waals surface area contributed by atoms with Crippen LogP contribution in [0.15, 0.2) is 84.9 Å². The van der Waals surface area contributed by atoms with Crippen LogP contribution in [0, 0.1) is 0 Å². The highest BCUT2D eigenvalue weighted by Crippen LogP contribution is 2.37. The van der Waals surface area contributed by atoms with Gasteiger partial charge in [0.1, 0.15) is 6.04 Å². The molecule has 30 heavy (non-hydrogen) atoms. The Balaban J connectivity index is 1.48. The van der Waals surface area contributed by atoms with Gasteiger partial charge in [-0.3, -0.25) is 19.1 Å². The normalized spacial score (nSPS) is 15.4. The van der Waals surface area contributed by atoms with E-state index in [1.807, 2.05) is 89.5 Å². The van der Waals surface area contributed by atoms with E-state index in [0.29, 0.717) is 18.2 Å².